The Morgan fingerprint density at radius 2 is 1.17 bits per heavy atom. The van der Waals surface area contributed by atoms with Crippen molar-refractivity contribution in [1.29, 1.82) is 0 Å². The van der Waals surface area contributed by atoms with Gasteiger partial charge in [0.05, 0.1) is 11.9 Å². The molecule has 24 heavy (non-hydrogen) atoms. The van der Waals surface area contributed by atoms with Gasteiger partial charge in [-0.15, -0.1) is 0 Å². The van der Waals surface area contributed by atoms with Crippen LogP contribution in [0.4, 0.5) is 13.2 Å². The van der Waals surface area contributed by atoms with Crippen molar-refractivity contribution in [2.24, 2.45) is 5.92 Å². The van der Waals surface area contributed by atoms with Crippen molar-refractivity contribution in [1.82, 2.24) is 0 Å². The first-order chi connectivity index (χ1) is 11.3. The summed E-state index contributed by atoms with van der Waals surface area (Å²) in [6.07, 6.45) is 7.26. The highest BCUT2D eigenvalue weighted by Gasteiger charge is 2.43. The SMILES string of the molecule is CCCCCCCCCCCCCCC(C(=O)[O-])C(=O)C(F)(F)F. The van der Waals surface area contributed by atoms with E-state index < -0.39 is 23.8 Å². The number of aliphatic carboxylic acids is 1. The van der Waals surface area contributed by atoms with Gasteiger partial charge < -0.3 is 9.90 Å². The summed E-state index contributed by atoms with van der Waals surface area (Å²) in [4.78, 5) is 21.7. The van der Waals surface area contributed by atoms with Crippen LogP contribution in [0.1, 0.15) is 90.4 Å². The molecule has 1 atom stereocenters. The third-order valence-electron chi connectivity index (χ3n) is 4.23. The Balaban J connectivity index is 3.63. The molecule has 0 heterocycles. The number of hydrogen-bond acceptors (Lipinski definition) is 3. The van der Waals surface area contributed by atoms with Gasteiger partial charge in [-0.1, -0.05) is 84.0 Å². The number of unbranched alkanes of at least 4 members (excludes halogenated alkanes) is 11. The number of ketones is 1. The van der Waals surface area contributed by atoms with Crippen LogP contribution in [0.2, 0.25) is 0 Å². The summed E-state index contributed by atoms with van der Waals surface area (Å²) in [6.45, 7) is 2.19. The lowest BCUT2D eigenvalue weighted by Gasteiger charge is -2.18. The molecule has 0 aliphatic rings. The fourth-order valence-corrected chi connectivity index (χ4v) is 2.74. The number of carbonyl (C=O) groups is 2. The molecule has 0 saturated carbocycles. The summed E-state index contributed by atoms with van der Waals surface area (Å²) in [5.41, 5.74) is 0. The van der Waals surface area contributed by atoms with Gasteiger partial charge in [-0.05, 0) is 6.42 Å². The molecule has 3 nitrogen and oxygen atoms in total. The van der Waals surface area contributed by atoms with Crippen LogP contribution in [0.3, 0.4) is 0 Å². The Morgan fingerprint density at radius 1 is 0.792 bits per heavy atom. The van der Waals surface area contributed by atoms with Gasteiger partial charge in [-0.3, -0.25) is 4.79 Å². The molecule has 142 valence electrons. The van der Waals surface area contributed by atoms with Crippen molar-refractivity contribution in [3.63, 3.8) is 0 Å². The topological polar surface area (TPSA) is 57.2 Å². The molecule has 0 aliphatic heterocycles. The highest BCUT2D eigenvalue weighted by molar-refractivity contribution is 6.00. The highest BCUT2D eigenvalue weighted by Crippen LogP contribution is 2.24. The quantitative estimate of drug-likeness (QED) is 0.321. The zero-order valence-corrected chi connectivity index (χ0v) is 14.6. The predicted octanol–water partition coefficient (Wildman–Crippen LogP) is 4.58. The Bertz CT molecular complexity index is 354. The average molecular weight is 351 g/mol. The number of rotatable bonds is 15. The van der Waals surface area contributed by atoms with Gasteiger partial charge in [-0.2, -0.15) is 13.2 Å². The predicted molar refractivity (Wildman–Crippen MR) is 85.3 cm³/mol. The minimum atomic E-state index is -5.11. The molecule has 0 aliphatic carbocycles. The molecule has 0 fully saturated rings. The Kier molecular flexibility index (Phi) is 12.7. The van der Waals surface area contributed by atoms with Crippen LogP contribution in [0.15, 0.2) is 0 Å². The van der Waals surface area contributed by atoms with Gasteiger partial charge in [0.15, 0.2) is 0 Å². The van der Waals surface area contributed by atoms with Gasteiger partial charge in [0.2, 0.25) is 5.78 Å². The van der Waals surface area contributed by atoms with Crippen molar-refractivity contribution < 1.29 is 27.9 Å². The lowest BCUT2D eigenvalue weighted by Crippen LogP contribution is -2.42. The van der Waals surface area contributed by atoms with Crippen LogP contribution < -0.4 is 5.11 Å². The third kappa shape index (κ3) is 11.5. The standard InChI is InChI=1S/C18H31F3O3/c1-2-3-4-5-6-7-8-9-10-11-12-13-14-15(17(23)24)16(22)18(19,20)21/h15H,2-14H2,1H3,(H,23,24)/p-1. The summed E-state index contributed by atoms with van der Waals surface area (Å²) in [7, 11) is 0. The van der Waals surface area contributed by atoms with Crippen molar-refractivity contribution in [2.45, 2.75) is 96.6 Å². The molecule has 0 spiro atoms. The molecule has 0 aromatic heterocycles. The molecule has 0 amide bonds. The minimum absolute atomic E-state index is 0.294. The molecule has 0 saturated heterocycles. The third-order valence-corrected chi connectivity index (χ3v) is 4.23. The molecule has 1 unspecified atom stereocenters. The van der Waals surface area contributed by atoms with E-state index in [2.05, 4.69) is 6.92 Å². The monoisotopic (exact) mass is 351 g/mol. The van der Waals surface area contributed by atoms with Crippen molar-refractivity contribution in [3.8, 4) is 0 Å². The van der Waals surface area contributed by atoms with Crippen LogP contribution in [-0.4, -0.2) is 17.9 Å². The zero-order chi connectivity index (χ0) is 18.4. The van der Waals surface area contributed by atoms with E-state index in [0.29, 0.717) is 12.8 Å². The maximum atomic E-state index is 12.3. The van der Waals surface area contributed by atoms with E-state index in [1.54, 1.807) is 0 Å². The van der Waals surface area contributed by atoms with Crippen LogP contribution in [0.5, 0.6) is 0 Å². The number of hydrogen-bond donors (Lipinski definition) is 0. The Hall–Kier alpha value is -1.07. The first-order valence-electron chi connectivity index (χ1n) is 9.12. The van der Waals surface area contributed by atoms with Crippen molar-refractivity contribution in [2.75, 3.05) is 0 Å². The van der Waals surface area contributed by atoms with Crippen molar-refractivity contribution >= 4 is 11.8 Å². The molecule has 6 heteroatoms. The van der Waals surface area contributed by atoms with E-state index in [0.717, 1.165) is 19.3 Å². The maximum Gasteiger partial charge on any atom is 0.450 e. The van der Waals surface area contributed by atoms with Crippen LogP contribution in [-0.2, 0) is 9.59 Å². The van der Waals surface area contributed by atoms with Gasteiger partial charge in [0.1, 0.15) is 0 Å². The summed E-state index contributed by atoms with van der Waals surface area (Å²) < 4.78 is 36.8. The second kappa shape index (κ2) is 13.2. The average Bonchev–Trinajstić information content (AvgIpc) is 2.50. The van der Waals surface area contributed by atoms with E-state index in [-0.39, 0.29) is 6.42 Å². The largest absolute Gasteiger partial charge is 0.549 e. The maximum absolute atomic E-state index is 12.3. The van der Waals surface area contributed by atoms with E-state index in [1.807, 2.05) is 0 Å². The fourth-order valence-electron chi connectivity index (χ4n) is 2.74. The molecule has 0 aromatic rings. The van der Waals surface area contributed by atoms with Crippen molar-refractivity contribution in [3.05, 3.63) is 0 Å². The van der Waals surface area contributed by atoms with Gasteiger partial charge in [-0.25, -0.2) is 0 Å². The normalized spacial score (nSPS) is 13.0. The zero-order valence-electron chi connectivity index (χ0n) is 14.6. The molecule has 0 radical (unpaired) electrons. The molecule has 0 aromatic carbocycles. The van der Waals surface area contributed by atoms with Gasteiger partial charge in [0, 0.05) is 0 Å². The van der Waals surface area contributed by atoms with Gasteiger partial charge >= 0.3 is 6.18 Å². The number of alkyl halides is 3. The second-order valence-electron chi connectivity index (χ2n) is 6.41. The number of carboxylic acid groups (broad SMARTS) is 1. The molecular weight excluding hydrogens is 321 g/mol. The first-order valence-corrected chi connectivity index (χ1v) is 9.12. The van der Waals surface area contributed by atoms with Crippen LogP contribution in [0, 0.1) is 5.92 Å². The smallest absolute Gasteiger partial charge is 0.450 e. The highest BCUT2D eigenvalue weighted by atomic mass is 19.4. The summed E-state index contributed by atoms with van der Waals surface area (Å²) in [5, 5.41) is 10.7. The first kappa shape index (κ1) is 22.9. The lowest BCUT2D eigenvalue weighted by molar-refractivity contribution is -0.311. The molecule has 0 N–H and O–H groups in total. The molecule has 0 rings (SSSR count). The van der Waals surface area contributed by atoms with Crippen LogP contribution in [0.25, 0.3) is 0 Å². The van der Waals surface area contributed by atoms with E-state index in [4.69, 9.17) is 0 Å². The fraction of sp³-hybridized carbons (Fsp3) is 0.889. The molecule has 0 bridgehead atoms. The number of halogens is 3. The van der Waals surface area contributed by atoms with E-state index in [1.165, 1.54) is 44.9 Å². The van der Waals surface area contributed by atoms with E-state index in [9.17, 15) is 27.9 Å². The number of carbonyl (C=O) groups excluding carboxylic acids is 2. The number of carboxylic acids is 1. The minimum Gasteiger partial charge on any atom is -0.549 e. The Labute approximate surface area is 143 Å². The van der Waals surface area contributed by atoms with E-state index >= 15 is 0 Å². The number of Topliss-reactive ketones (excluding diaryl/α,β-unsaturated/α-hetero) is 1. The summed E-state index contributed by atoms with van der Waals surface area (Å²) in [6, 6.07) is 0. The molecular formula is C18H30F3O3-. The lowest BCUT2D eigenvalue weighted by atomic mass is 9.95. The summed E-state index contributed by atoms with van der Waals surface area (Å²) >= 11 is 0. The van der Waals surface area contributed by atoms with Gasteiger partial charge in [0.25, 0.3) is 0 Å². The second-order valence-corrected chi connectivity index (χ2v) is 6.41. The summed E-state index contributed by atoms with van der Waals surface area (Å²) in [5.74, 6) is -6.20. The van der Waals surface area contributed by atoms with Crippen LogP contribution >= 0.6 is 0 Å². The Morgan fingerprint density at radius 3 is 1.50 bits per heavy atom.